The zero-order valence-electron chi connectivity index (χ0n) is 14.0. The van der Waals surface area contributed by atoms with Crippen LogP contribution in [0.5, 0.6) is 0 Å². The van der Waals surface area contributed by atoms with E-state index in [0.717, 1.165) is 18.5 Å². The molecule has 6 heteroatoms. The molecular weight excluding hydrogens is 288 g/mol. The molecule has 122 valence electrons. The second-order valence-corrected chi connectivity index (χ2v) is 7.00. The monoisotopic (exact) mass is 316 g/mol. The van der Waals surface area contributed by atoms with Gasteiger partial charge in [-0.3, -0.25) is 9.48 Å². The molecule has 0 aliphatic heterocycles. The molecule has 0 aliphatic rings. The van der Waals surface area contributed by atoms with E-state index in [1.54, 1.807) is 11.6 Å². The van der Waals surface area contributed by atoms with Crippen molar-refractivity contribution < 1.29 is 4.79 Å². The Hall–Kier alpha value is -1.07. The number of hydrogen-bond donors (Lipinski definition) is 2. The van der Waals surface area contributed by atoms with E-state index in [-0.39, 0.29) is 23.7 Å². The Balaban J connectivity index is 0.00000400. The molecule has 1 atom stereocenters. The summed E-state index contributed by atoms with van der Waals surface area (Å²) < 4.78 is 1.70. The van der Waals surface area contributed by atoms with Crippen molar-refractivity contribution in [3.8, 4) is 0 Å². The first-order valence-electron chi connectivity index (χ1n) is 7.18. The smallest absolute Gasteiger partial charge is 0.245 e. The van der Waals surface area contributed by atoms with Crippen LogP contribution < -0.4 is 11.1 Å². The molecule has 0 saturated carbocycles. The van der Waals surface area contributed by atoms with Gasteiger partial charge in [-0.15, -0.1) is 12.4 Å². The van der Waals surface area contributed by atoms with Crippen LogP contribution in [0.2, 0.25) is 0 Å². The standard InChI is InChI=1S/C15H28N4O.ClH/c1-7-8-15(5,16)13(20)17-12-9-11(18-19(12)6)10-14(2,3)4;/h9H,7-8,10,16H2,1-6H3,(H,17,20);1H. The van der Waals surface area contributed by atoms with Crippen molar-refractivity contribution in [3.63, 3.8) is 0 Å². The third kappa shape index (κ3) is 6.06. The van der Waals surface area contributed by atoms with Crippen molar-refractivity contribution in [1.82, 2.24) is 9.78 Å². The molecule has 5 nitrogen and oxygen atoms in total. The third-order valence-corrected chi connectivity index (χ3v) is 3.17. The zero-order chi connectivity index (χ0) is 15.6. The van der Waals surface area contributed by atoms with E-state index in [1.807, 2.05) is 20.0 Å². The van der Waals surface area contributed by atoms with Crippen LogP contribution in [0.15, 0.2) is 6.07 Å². The van der Waals surface area contributed by atoms with Crippen molar-refractivity contribution in [2.45, 2.75) is 59.4 Å². The van der Waals surface area contributed by atoms with E-state index in [0.29, 0.717) is 12.2 Å². The predicted molar refractivity (Wildman–Crippen MR) is 89.7 cm³/mol. The lowest BCUT2D eigenvalue weighted by atomic mass is 9.91. The average molecular weight is 317 g/mol. The predicted octanol–water partition coefficient (Wildman–Crippen LogP) is 2.89. The highest BCUT2D eigenvalue weighted by atomic mass is 35.5. The highest BCUT2D eigenvalue weighted by Crippen LogP contribution is 2.22. The molecule has 0 aromatic carbocycles. The van der Waals surface area contributed by atoms with Gasteiger partial charge in [-0.25, -0.2) is 0 Å². The topological polar surface area (TPSA) is 72.9 Å². The summed E-state index contributed by atoms with van der Waals surface area (Å²) in [7, 11) is 1.83. The highest BCUT2D eigenvalue weighted by Gasteiger charge is 2.28. The molecule has 0 radical (unpaired) electrons. The molecule has 0 aliphatic carbocycles. The average Bonchev–Trinajstić information content (AvgIpc) is 2.56. The number of carbonyl (C=O) groups is 1. The summed E-state index contributed by atoms with van der Waals surface area (Å²) in [5.41, 5.74) is 6.33. The number of nitrogens with two attached hydrogens (primary N) is 1. The Kier molecular flexibility index (Phi) is 6.90. The maximum absolute atomic E-state index is 12.2. The molecule has 21 heavy (non-hydrogen) atoms. The number of carbonyl (C=O) groups excluding carboxylic acids is 1. The number of nitrogens with one attached hydrogen (secondary N) is 1. The van der Waals surface area contributed by atoms with Gasteiger partial charge in [0.25, 0.3) is 0 Å². The molecule has 0 fully saturated rings. The third-order valence-electron chi connectivity index (χ3n) is 3.17. The molecule has 0 saturated heterocycles. The van der Waals surface area contributed by atoms with Crippen molar-refractivity contribution in [2.75, 3.05) is 5.32 Å². The fraction of sp³-hybridized carbons (Fsp3) is 0.733. The van der Waals surface area contributed by atoms with Crippen LogP contribution in [0.3, 0.4) is 0 Å². The van der Waals surface area contributed by atoms with Gasteiger partial charge in [0, 0.05) is 13.1 Å². The quantitative estimate of drug-likeness (QED) is 0.877. The molecule has 1 unspecified atom stereocenters. The summed E-state index contributed by atoms with van der Waals surface area (Å²) in [6.45, 7) is 10.3. The van der Waals surface area contributed by atoms with Crippen LogP contribution >= 0.6 is 12.4 Å². The SMILES string of the molecule is CCCC(C)(N)C(=O)Nc1cc(CC(C)(C)C)nn1C.Cl. The zero-order valence-corrected chi connectivity index (χ0v) is 14.8. The maximum Gasteiger partial charge on any atom is 0.245 e. The lowest BCUT2D eigenvalue weighted by Crippen LogP contribution is -2.48. The summed E-state index contributed by atoms with van der Waals surface area (Å²) in [5.74, 6) is 0.534. The Morgan fingerprint density at radius 2 is 1.95 bits per heavy atom. The largest absolute Gasteiger partial charge is 0.318 e. The number of nitrogens with zero attached hydrogens (tertiary/aromatic N) is 2. The van der Waals surface area contributed by atoms with Gasteiger partial charge in [-0.1, -0.05) is 34.1 Å². The van der Waals surface area contributed by atoms with Gasteiger partial charge in [0.1, 0.15) is 5.82 Å². The van der Waals surface area contributed by atoms with Crippen molar-refractivity contribution in [2.24, 2.45) is 18.2 Å². The fourth-order valence-electron chi connectivity index (χ4n) is 2.17. The second kappa shape index (κ2) is 7.27. The normalized spacial score (nSPS) is 14.2. The van der Waals surface area contributed by atoms with Gasteiger partial charge < -0.3 is 11.1 Å². The first kappa shape index (κ1) is 19.9. The van der Waals surface area contributed by atoms with E-state index in [4.69, 9.17) is 5.73 Å². The summed E-state index contributed by atoms with van der Waals surface area (Å²) in [5, 5.41) is 7.32. The fourth-order valence-corrected chi connectivity index (χ4v) is 2.17. The van der Waals surface area contributed by atoms with Gasteiger partial charge in [0.05, 0.1) is 11.2 Å². The van der Waals surface area contributed by atoms with Crippen molar-refractivity contribution in [1.29, 1.82) is 0 Å². The first-order chi connectivity index (χ1) is 9.05. The summed E-state index contributed by atoms with van der Waals surface area (Å²) >= 11 is 0. The summed E-state index contributed by atoms with van der Waals surface area (Å²) in [6, 6.07) is 1.92. The van der Waals surface area contributed by atoms with Crippen molar-refractivity contribution in [3.05, 3.63) is 11.8 Å². The number of halogens is 1. The molecule has 1 aromatic rings. The summed E-state index contributed by atoms with van der Waals surface area (Å²) in [6.07, 6.45) is 2.40. The molecule has 1 rings (SSSR count). The van der Waals surface area contributed by atoms with Crippen LogP contribution in [0, 0.1) is 5.41 Å². The van der Waals surface area contributed by atoms with Crippen LogP contribution in [-0.4, -0.2) is 21.2 Å². The number of anilines is 1. The lowest BCUT2D eigenvalue weighted by molar-refractivity contribution is -0.120. The number of rotatable bonds is 5. The molecular formula is C15H29ClN4O. The van der Waals surface area contributed by atoms with Gasteiger partial charge in [-0.2, -0.15) is 5.10 Å². The van der Waals surface area contributed by atoms with Gasteiger partial charge >= 0.3 is 0 Å². The van der Waals surface area contributed by atoms with E-state index in [2.05, 4.69) is 31.2 Å². The van der Waals surface area contributed by atoms with Gasteiger partial charge in [0.15, 0.2) is 0 Å². The lowest BCUT2D eigenvalue weighted by Gasteiger charge is -2.22. The van der Waals surface area contributed by atoms with Gasteiger partial charge in [-0.05, 0) is 25.2 Å². The van der Waals surface area contributed by atoms with Crippen LogP contribution in [0.4, 0.5) is 5.82 Å². The summed E-state index contributed by atoms with van der Waals surface area (Å²) in [4.78, 5) is 12.2. The van der Waals surface area contributed by atoms with Crippen LogP contribution in [0.1, 0.15) is 53.2 Å². The number of aryl methyl sites for hydroxylation is 1. The molecule has 1 amide bonds. The Morgan fingerprint density at radius 1 is 1.38 bits per heavy atom. The molecule has 3 N–H and O–H groups in total. The van der Waals surface area contributed by atoms with E-state index < -0.39 is 5.54 Å². The minimum atomic E-state index is -0.844. The number of hydrogen-bond acceptors (Lipinski definition) is 3. The maximum atomic E-state index is 12.2. The van der Waals surface area contributed by atoms with E-state index >= 15 is 0 Å². The Labute approximate surface area is 134 Å². The van der Waals surface area contributed by atoms with E-state index in [9.17, 15) is 4.79 Å². The molecule has 1 heterocycles. The van der Waals surface area contributed by atoms with Crippen LogP contribution in [0.25, 0.3) is 0 Å². The van der Waals surface area contributed by atoms with E-state index in [1.165, 1.54) is 0 Å². The van der Waals surface area contributed by atoms with Crippen molar-refractivity contribution >= 4 is 24.1 Å². The highest BCUT2D eigenvalue weighted by molar-refractivity contribution is 5.97. The number of aromatic nitrogens is 2. The van der Waals surface area contributed by atoms with Crippen LogP contribution in [-0.2, 0) is 18.3 Å². The first-order valence-corrected chi connectivity index (χ1v) is 7.18. The minimum Gasteiger partial charge on any atom is -0.318 e. The molecule has 0 bridgehead atoms. The second-order valence-electron chi connectivity index (χ2n) is 7.00. The molecule has 1 aromatic heterocycles. The Morgan fingerprint density at radius 3 is 2.43 bits per heavy atom. The van der Waals surface area contributed by atoms with Gasteiger partial charge in [0.2, 0.25) is 5.91 Å². The number of amides is 1. The molecule has 0 spiro atoms. The Bertz CT molecular complexity index is 475. The minimum absolute atomic E-state index is 0.